The molecule has 1 aliphatic heterocycles. The number of nitrogens with zero attached hydrogens (tertiary/aromatic N) is 4. The minimum absolute atomic E-state index is 0.0808. The van der Waals surface area contributed by atoms with Gasteiger partial charge in [0.1, 0.15) is 16.4 Å². The predicted molar refractivity (Wildman–Crippen MR) is 153 cm³/mol. The fraction of sp³-hybridized carbons (Fsp3) is 0.323. The highest BCUT2D eigenvalue weighted by Gasteiger charge is 2.84. The van der Waals surface area contributed by atoms with E-state index in [-0.39, 0.29) is 58.2 Å². The first-order chi connectivity index (χ1) is 19.5. The van der Waals surface area contributed by atoms with Gasteiger partial charge in [0.25, 0.3) is 5.56 Å². The molecule has 0 amide bonds. The lowest BCUT2D eigenvalue weighted by molar-refractivity contribution is 0.0200. The highest BCUT2D eigenvalue weighted by Crippen LogP contribution is 2.86. The molecular weight excluding hydrogens is 548 g/mol. The lowest BCUT2D eigenvalue weighted by Crippen LogP contribution is -2.66. The smallest absolute Gasteiger partial charge is 0.274 e. The van der Waals surface area contributed by atoms with Crippen molar-refractivity contribution in [2.24, 2.45) is 5.73 Å². The van der Waals surface area contributed by atoms with Gasteiger partial charge in [-0.05, 0) is 73.7 Å². The monoisotopic (exact) mass is 575 g/mol. The van der Waals surface area contributed by atoms with Gasteiger partial charge in [-0.1, -0.05) is 23.7 Å². The second-order valence-electron chi connectivity index (χ2n) is 11.8. The van der Waals surface area contributed by atoms with Gasteiger partial charge in [0.2, 0.25) is 0 Å². The Kier molecular flexibility index (Phi) is 5.55. The average molecular weight is 576 g/mol. The van der Waals surface area contributed by atoms with Gasteiger partial charge in [0, 0.05) is 41.0 Å². The molecule has 0 spiro atoms. The number of halogens is 3. The number of fused-ring (bicyclic) bond motifs is 1. The molecule has 210 valence electrons. The van der Waals surface area contributed by atoms with Crippen molar-refractivity contribution in [3.8, 4) is 16.9 Å². The van der Waals surface area contributed by atoms with Gasteiger partial charge in [0.05, 0.1) is 24.5 Å². The number of hydrogen-bond donors (Lipinski definition) is 2. The fourth-order valence-electron chi connectivity index (χ4n) is 6.64. The molecule has 1 aromatic carbocycles. The van der Waals surface area contributed by atoms with E-state index in [1.807, 2.05) is 32.0 Å². The molecule has 10 heteroatoms. The van der Waals surface area contributed by atoms with Gasteiger partial charge in [-0.3, -0.25) is 14.3 Å². The van der Waals surface area contributed by atoms with E-state index >= 15 is 4.39 Å². The Balaban J connectivity index is 1.25. The standard InChI is InChI=1S/C31H28ClF2N5O2/c1-17-11-37-23(21-7-8-36-27(26(21)34)38-15-29(41,14-35)16-38)10-24(17)39-18(2)9-22(25(32)28(39)40)31-12-30(31,13-31)19-3-5-20(33)6-4-19/h3-11,41H,12-16,35H2,1-2H3. The minimum Gasteiger partial charge on any atom is -0.385 e. The molecule has 0 atom stereocenters. The number of anilines is 1. The van der Waals surface area contributed by atoms with Crippen LogP contribution in [0.4, 0.5) is 14.6 Å². The molecule has 41 heavy (non-hydrogen) atoms. The topological polar surface area (TPSA) is 97.3 Å². The zero-order chi connectivity index (χ0) is 28.9. The van der Waals surface area contributed by atoms with E-state index in [4.69, 9.17) is 17.3 Å². The zero-order valence-corrected chi connectivity index (χ0v) is 23.3. The maximum absolute atomic E-state index is 15.7. The molecule has 0 bridgehead atoms. The third-order valence-electron chi connectivity index (χ3n) is 9.23. The van der Waals surface area contributed by atoms with E-state index in [0.29, 0.717) is 17.1 Å². The van der Waals surface area contributed by atoms with Crippen molar-refractivity contribution in [1.29, 1.82) is 0 Å². The largest absolute Gasteiger partial charge is 0.385 e. The number of aryl methyl sites for hydroxylation is 2. The molecule has 2 saturated carbocycles. The summed E-state index contributed by atoms with van der Waals surface area (Å²) in [7, 11) is 0. The number of aliphatic hydroxyl groups is 1. The van der Waals surface area contributed by atoms with Crippen LogP contribution in [0.3, 0.4) is 0 Å². The van der Waals surface area contributed by atoms with Crippen LogP contribution in [0.25, 0.3) is 16.9 Å². The van der Waals surface area contributed by atoms with Crippen LogP contribution < -0.4 is 16.2 Å². The first kappa shape index (κ1) is 26.3. The Morgan fingerprint density at radius 3 is 2.44 bits per heavy atom. The maximum Gasteiger partial charge on any atom is 0.274 e. The van der Waals surface area contributed by atoms with Crippen molar-refractivity contribution in [3.05, 3.63) is 104 Å². The fourth-order valence-corrected chi connectivity index (χ4v) is 6.96. The average Bonchev–Trinajstić information content (AvgIpc) is 3.79. The molecule has 3 N–H and O–H groups in total. The van der Waals surface area contributed by atoms with E-state index in [1.165, 1.54) is 24.4 Å². The third-order valence-corrected chi connectivity index (χ3v) is 9.60. The van der Waals surface area contributed by atoms with Gasteiger partial charge in [0.15, 0.2) is 11.6 Å². The maximum atomic E-state index is 15.7. The third kappa shape index (κ3) is 3.72. The van der Waals surface area contributed by atoms with Crippen molar-refractivity contribution in [1.82, 2.24) is 14.5 Å². The summed E-state index contributed by atoms with van der Waals surface area (Å²) in [4.78, 5) is 24.0. The van der Waals surface area contributed by atoms with Crippen molar-refractivity contribution >= 4 is 17.4 Å². The lowest BCUT2D eigenvalue weighted by Gasteiger charge is -2.46. The number of hydrogen-bond acceptors (Lipinski definition) is 6. The Bertz CT molecular complexity index is 1790. The number of rotatable bonds is 6. The summed E-state index contributed by atoms with van der Waals surface area (Å²) >= 11 is 6.78. The van der Waals surface area contributed by atoms with E-state index in [0.717, 1.165) is 29.5 Å². The van der Waals surface area contributed by atoms with Gasteiger partial charge < -0.3 is 15.7 Å². The van der Waals surface area contributed by atoms with Crippen LogP contribution in [0, 0.1) is 25.5 Å². The summed E-state index contributed by atoms with van der Waals surface area (Å²) in [6.45, 7) is 4.15. The molecule has 3 fully saturated rings. The molecule has 3 aromatic heterocycles. The van der Waals surface area contributed by atoms with Crippen LogP contribution in [0.15, 0.2) is 59.7 Å². The summed E-state index contributed by atoms with van der Waals surface area (Å²) in [5.41, 5.74) is 8.36. The van der Waals surface area contributed by atoms with Gasteiger partial charge in [-0.15, -0.1) is 0 Å². The first-order valence-corrected chi connectivity index (χ1v) is 13.9. The van der Waals surface area contributed by atoms with Crippen molar-refractivity contribution < 1.29 is 13.9 Å². The Morgan fingerprint density at radius 1 is 1.05 bits per heavy atom. The van der Waals surface area contributed by atoms with Crippen molar-refractivity contribution in [2.75, 3.05) is 24.5 Å². The minimum atomic E-state index is -1.05. The van der Waals surface area contributed by atoms with Gasteiger partial charge in [-0.25, -0.2) is 13.8 Å². The number of benzene rings is 1. The van der Waals surface area contributed by atoms with Crippen LogP contribution >= 0.6 is 11.6 Å². The van der Waals surface area contributed by atoms with Crippen LogP contribution in [-0.4, -0.2) is 44.9 Å². The second kappa shape index (κ2) is 8.67. The highest BCUT2D eigenvalue weighted by molar-refractivity contribution is 6.31. The number of aromatic nitrogens is 3. The summed E-state index contributed by atoms with van der Waals surface area (Å²) in [5, 5.41) is 10.4. The predicted octanol–water partition coefficient (Wildman–Crippen LogP) is 4.34. The summed E-state index contributed by atoms with van der Waals surface area (Å²) < 4.78 is 30.7. The quantitative estimate of drug-likeness (QED) is 0.355. The molecular formula is C31H28ClF2N5O2. The summed E-state index contributed by atoms with van der Waals surface area (Å²) in [6, 6.07) is 11.8. The van der Waals surface area contributed by atoms with Crippen LogP contribution in [0.2, 0.25) is 5.02 Å². The van der Waals surface area contributed by atoms with E-state index < -0.39 is 11.4 Å². The molecule has 7 nitrogen and oxygen atoms in total. The van der Waals surface area contributed by atoms with Gasteiger partial charge in [-0.2, -0.15) is 0 Å². The van der Waals surface area contributed by atoms with Crippen molar-refractivity contribution in [3.63, 3.8) is 0 Å². The molecule has 4 aromatic rings. The Morgan fingerprint density at radius 2 is 1.76 bits per heavy atom. The Labute approximate surface area is 240 Å². The molecule has 1 saturated heterocycles. The summed E-state index contributed by atoms with van der Waals surface area (Å²) in [5.74, 6) is -0.726. The molecule has 0 unspecified atom stereocenters. The molecule has 4 heterocycles. The van der Waals surface area contributed by atoms with Crippen LogP contribution in [0.1, 0.15) is 35.2 Å². The second-order valence-corrected chi connectivity index (χ2v) is 12.2. The normalized spacial score (nSPS) is 23.6. The molecule has 3 aliphatic rings. The molecule has 2 aliphatic carbocycles. The van der Waals surface area contributed by atoms with Crippen LogP contribution in [-0.2, 0) is 10.8 Å². The van der Waals surface area contributed by atoms with Crippen LogP contribution in [0.5, 0.6) is 0 Å². The van der Waals surface area contributed by atoms with Crippen molar-refractivity contribution in [2.45, 2.75) is 43.1 Å². The SMILES string of the molecule is Cc1cnc(-c2ccnc(N3CC(O)(CN)C3)c2F)cc1-n1c(C)cc(C23CC2(c2ccc(F)cc2)C3)c(Cl)c1=O. The van der Waals surface area contributed by atoms with E-state index in [9.17, 15) is 14.3 Å². The zero-order valence-electron chi connectivity index (χ0n) is 22.6. The summed E-state index contributed by atoms with van der Waals surface area (Å²) in [6.07, 6.45) is 4.84. The highest BCUT2D eigenvalue weighted by atomic mass is 35.5. The number of β-amino-alcohol motifs (C(OH)–C–C–N with tert-alkyl or cyclic N) is 1. The molecule has 7 rings (SSSR count). The van der Waals surface area contributed by atoms with E-state index in [2.05, 4.69) is 9.97 Å². The number of nitrogens with two attached hydrogens (primary N) is 1. The van der Waals surface area contributed by atoms with Gasteiger partial charge >= 0.3 is 0 Å². The number of pyridine rings is 3. The van der Waals surface area contributed by atoms with E-state index in [1.54, 1.807) is 21.7 Å². The lowest BCUT2D eigenvalue weighted by atomic mass is 9.94. The first-order valence-electron chi connectivity index (χ1n) is 13.5. The Hall–Kier alpha value is -3.66. The molecule has 0 radical (unpaired) electrons.